The maximum atomic E-state index is 11.9. The lowest BCUT2D eigenvalue weighted by Gasteiger charge is -2.10. The lowest BCUT2D eigenvalue weighted by molar-refractivity contribution is 0.0939. The van der Waals surface area contributed by atoms with Crippen molar-refractivity contribution in [3.05, 3.63) is 33.5 Å². The lowest BCUT2D eigenvalue weighted by atomic mass is 10.2. The molecule has 17 heavy (non-hydrogen) atoms. The molecule has 1 atom stereocenters. The van der Waals surface area contributed by atoms with Crippen molar-refractivity contribution in [1.82, 2.24) is 20.5 Å². The highest BCUT2D eigenvalue weighted by Gasteiger charge is 2.16. The Kier molecular flexibility index (Phi) is 3.23. The van der Waals surface area contributed by atoms with Crippen LogP contribution in [0.5, 0.6) is 0 Å². The number of aryl methyl sites for hydroxylation is 2. The van der Waals surface area contributed by atoms with E-state index >= 15 is 0 Å². The summed E-state index contributed by atoms with van der Waals surface area (Å²) in [5, 5.41) is 12.4. The number of hydrogen-bond acceptors (Lipinski definition) is 4. The highest BCUT2D eigenvalue weighted by Crippen LogP contribution is 2.18. The van der Waals surface area contributed by atoms with E-state index in [0.29, 0.717) is 5.56 Å². The second kappa shape index (κ2) is 4.67. The van der Waals surface area contributed by atoms with Crippen molar-refractivity contribution in [3.63, 3.8) is 0 Å². The number of carbonyl (C=O) groups is 1. The Morgan fingerprint density at radius 1 is 1.53 bits per heavy atom. The number of amides is 1. The molecule has 1 amide bonds. The van der Waals surface area contributed by atoms with Gasteiger partial charge in [-0.15, -0.1) is 11.3 Å². The van der Waals surface area contributed by atoms with E-state index in [0.717, 1.165) is 16.4 Å². The van der Waals surface area contributed by atoms with Gasteiger partial charge < -0.3 is 5.32 Å². The molecule has 6 heteroatoms. The summed E-state index contributed by atoms with van der Waals surface area (Å²) < 4.78 is 0. The molecule has 1 unspecified atom stereocenters. The Morgan fingerprint density at radius 3 is 2.82 bits per heavy atom. The summed E-state index contributed by atoms with van der Waals surface area (Å²) in [4.78, 5) is 16.3. The van der Waals surface area contributed by atoms with E-state index in [1.807, 2.05) is 26.2 Å². The minimum absolute atomic E-state index is 0.0875. The number of hydrogen-bond donors (Lipinski definition) is 2. The minimum atomic E-state index is -0.128. The second-order valence-corrected chi connectivity index (χ2v) is 4.82. The molecular weight excluding hydrogens is 236 g/mol. The van der Waals surface area contributed by atoms with Gasteiger partial charge in [-0.2, -0.15) is 5.10 Å². The standard InChI is InChI=1S/C11H14N4OS/c1-6-5-17-11(13-6)8(3)14-10(16)9-4-12-15-7(9)2/h4-5,8H,1-3H3,(H,12,15)(H,14,16). The van der Waals surface area contributed by atoms with Crippen molar-refractivity contribution >= 4 is 17.2 Å². The van der Waals surface area contributed by atoms with Crippen LogP contribution in [0.2, 0.25) is 0 Å². The topological polar surface area (TPSA) is 70.7 Å². The van der Waals surface area contributed by atoms with Gasteiger partial charge in [0.05, 0.1) is 17.8 Å². The van der Waals surface area contributed by atoms with Crippen LogP contribution in [0.3, 0.4) is 0 Å². The molecule has 5 nitrogen and oxygen atoms in total. The highest BCUT2D eigenvalue weighted by atomic mass is 32.1. The number of H-pyrrole nitrogens is 1. The third-order valence-electron chi connectivity index (χ3n) is 2.43. The zero-order valence-corrected chi connectivity index (χ0v) is 10.8. The van der Waals surface area contributed by atoms with Crippen LogP contribution in [0, 0.1) is 13.8 Å². The third kappa shape index (κ3) is 2.52. The molecule has 0 fully saturated rings. The van der Waals surface area contributed by atoms with E-state index in [4.69, 9.17) is 0 Å². The normalized spacial score (nSPS) is 12.4. The van der Waals surface area contributed by atoms with Gasteiger partial charge in [-0.05, 0) is 20.8 Å². The number of thiazole rings is 1. The SMILES string of the molecule is Cc1csc(C(C)NC(=O)c2cn[nH]c2C)n1. The third-order valence-corrected chi connectivity index (χ3v) is 3.57. The van der Waals surface area contributed by atoms with Crippen molar-refractivity contribution in [1.29, 1.82) is 0 Å². The average Bonchev–Trinajstić information content (AvgIpc) is 2.86. The van der Waals surface area contributed by atoms with E-state index in [1.165, 1.54) is 6.20 Å². The number of nitrogens with one attached hydrogen (secondary N) is 2. The van der Waals surface area contributed by atoms with Gasteiger partial charge in [0.15, 0.2) is 0 Å². The highest BCUT2D eigenvalue weighted by molar-refractivity contribution is 7.09. The summed E-state index contributed by atoms with van der Waals surface area (Å²) in [6, 6.07) is -0.0875. The van der Waals surface area contributed by atoms with E-state index in [9.17, 15) is 4.79 Å². The molecule has 2 aromatic rings. The van der Waals surface area contributed by atoms with Crippen LogP contribution < -0.4 is 5.32 Å². The largest absolute Gasteiger partial charge is 0.343 e. The molecule has 0 aliphatic heterocycles. The number of rotatable bonds is 3. The number of aromatic nitrogens is 3. The van der Waals surface area contributed by atoms with Crippen LogP contribution in [0.15, 0.2) is 11.6 Å². The molecule has 0 aliphatic rings. The van der Waals surface area contributed by atoms with Crippen LogP contribution in [-0.2, 0) is 0 Å². The van der Waals surface area contributed by atoms with E-state index in [1.54, 1.807) is 11.3 Å². The van der Waals surface area contributed by atoms with Crippen LogP contribution in [-0.4, -0.2) is 21.1 Å². The van der Waals surface area contributed by atoms with Crippen molar-refractivity contribution in [3.8, 4) is 0 Å². The molecule has 0 saturated carbocycles. The molecule has 0 spiro atoms. The van der Waals surface area contributed by atoms with Gasteiger partial charge in [-0.3, -0.25) is 9.89 Å². The molecular formula is C11H14N4OS. The predicted octanol–water partition coefficient (Wildman–Crippen LogP) is 1.97. The zero-order chi connectivity index (χ0) is 12.4. The molecule has 90 valence electrons. The van der Waals surface area contributed by atoms with Gasteiger partial charge in [0, 0.05) is 16.8 Å². The maximum Gasteiger partial charge on any atom is 0.255 e. The Balaban J connectivity index is 2.07. The first-order valence-corrected chi connectivity index (χ1v) is 6.18. The Hall–Kier alpha value is -1.69. The van der Waals surface area contributed by atoms with Gasteiger partial charge in [0.1, 0.15) is 5.01 Å². The van der Waals surface area contributed by atoms with Gasteiger partial charge in [-0.1, -0.05) is 0 Å². The average molecular weight is 250 g/mol. The summed E-state index contributed by atoms with van der Waals surface area (Å²) in [7, 11) is 0. The van der Waals surface area contributed by atoms with Crippen molar-refractivity contribution in [2.24, 2.45) is 0 Å². The number of nitrogens with zero attached hydrogens (tertiary/aromatic N) is 2. The Bertz CT molecular complexity index is 531. The molecule has 0 radical (unpaired) electrons. The van der Waals surface area contributed by atoms with Gasteiger partial charge in [-0.25, -0.2) is 4.98 Å². The van der Waals surface area contributed by atoms with E-state index in [-0.39, 0.29) is 11.9 Å². The fraction of sp³-hybridized carbons (Fsp3) is 0.364. The molecule has 2 aromatic heterocycles. The van der Waals surface area contributed by atoms with Gasteiger partial charge in [0.25, 0.3) is 5.91 Å². The lowest BCUT2D eigenvalue weighted by Crippen LogP contribution is -2.26. The van der Waals surface area contributed by atoms with Crippen LogP contribution in [0.1, 0.15) is 39.7 Å². The molecule has 2 rings (SSSR count). The first-order valence-electron chi connectivity index (χ1n) is 5.31. The van der Waals surface area contributed by atoms with Crippen LogP contribution >= 0.6 is 11.3 Å². The van der Waals surface area contributed by atoms with E-state index in [2.05, 4.69) is 20.5 Å². The fourth-order valence-electron chi connectivity index (χ4n) is 1.49. The smallest absolute Gasteiger partial charge is 0.255 e. The van der Waals surface area contributed by atoms with Crippen molar-refractivity contribution in [2.75, 3.05) is 0 Å². The molecule has 2 N–H and O–H groups in total. The first-order chi connectivity index (χ1) is 8.08. The van der Waals surface area contributed by atoms with Crippen LogP contribution in [0.25, 0.3) is 0 Å². The number of carbonyl (C=O) groups excluding carboxylic acids is 1. The van der Waals surface area contributed by atoms with Crippen molar-refractivity contribution < 1.29 is 4.79 Å². The second-order valence-electron chi connectivity index (χ2n) is 3.93. The number of aromatic amines is 1. The van der Waals surface area contributed by atoms with E-state index < -0.39 is 0 Å². The zero-order valence-electron chi connectivity index (χ0n) is 9.94. The fourth-order valence-corrected chi connectivity index (χ4v) is 2.29. The summed E-state index contributed by atoms with van der Waals surface area (Å²) in [5.74, 6) is -0.128. The van der Waals surface area contributed by atoms with Crippen molar-refractivity contribution in [2.45, 2.75) is 26.8 Å². The monoisotopic (exact) mass is 250 g/mol. The Labute approximate surface area is 103 Å². The molecule has 0 aromatic carbocycles. The summed E-state index contributed by atoms with van der Waals surface area (Å²) in [6.07, 6.45) is 1.53. The summed E-state index contributed by atoms with van der Waals surface area (Å²) >= 11 is 1.55. The molecule has 0 bridgehead atoms. The molecule has 2 heterocycles. The van der Waals surface area contributed by atoms with Gasteiger partial charge >= 0.3 is 0 Å². The first kappa shape index (κ1) is 11.8. The maximum absolute atomic E-state index is 11.9. The molecule has 0 saturated heterocycles. The minimum Gasteiger partial charge on any atom is -0.343 e. The summed E-state index contributed by atoms with van der Waals surface area (Å²) in [6.45, 7) is 5.68. The quantitative estimate of drug-likeness (QED) is 0.875. The predicted molar refractivity (Wildman–Crippen MR) is 66.1 cm³/mol. The summed E-state index contributed by atoms with van der Waals surface area (Å²) in [5.41, 5.74) is 2.32. The Morgan fingerprint density at radius 2 is 2.29 bits per heavy atom. The molecule has 0 aliphatic carbocycles. The van der Waals surface area contributed by atoms with Crippen LogP contribution in [0.4, 0.5) is 0 Å². The van der Waals surface area contributed by atoms with Gasteiger partial charge in [0.2, 0.25) is 0 Å².